The highest BCUT2D eigenvalue weighted by Crippen LogP contribution is 2.26. The van der Waals surface area contributed by atoms with Crippen molar-refractivity contribution < 1.29 is 9.90 Å². The third-order valence-corrected chi connectivity index (χ3v) is 3.90. The van der Waals surface area contributed by atoms with Crippen LogP contribution in [0.3, 0.4) is 0 Å². The van der Waals surface area contributed by atoms with Gasteiger partial charge in [0, 0.05) is 11.7 Å². The molecule has 2 aromatic rings. The van der Waals surface area contributed by atoms with Gasteiger partial charge in [0.1, 0.15) is 0 Å². The molecule has 2 N–H and O–H groups in total. The van der Waals surface area contributed by atoms with Crippen LogP contribution in [-0.2, 0) is 12.8 Å². The van der Waals surface area contributed by atoms with E-state index in [1.807, 2.05) is 13.0 Å². The van der Waals surface area contributed by atoms with E-state index in [0.29, 0.717) is 11.6 Å². The quantitative estimate of drug-likeness (QED) is 0.897. The monoisotopic (exact) mass is 267 g/mol. The van der Waals surface area contributed by atoms with Crippen LogP contribution in [0, 0.1) is 6.92 Å². The highest BCUT2D eigenvalue weighted by atomic mass is 16.4. The fourth-order valence-corrected chi connectivity index (χ4v) is 2.79. The summed E-state index contributed by atoms with van der Waals surface area (Å²) in [5.41, 5.74) is 5.09. The van der Waals surface area contributed by atoms with Gasteiger partial charge in [-0.2, -0.15) is 0 Å². The molecule has 1 aliphatic carbocycles. The molecule has 0 bridgehead atoms. The van der Waals surface area contributed by atoms with Crippen molar-refractivity contribution in [2.24, 2.45) is 0 Å². The molecule has 20 heavy (non-hydrogen) atoms. The van der Waals surface area contributed by atoms with Crippen LogP contribution in [0.4, 0.5) is 5.69 Å². The van der Waals surface area contributed by atoms with Gasteiger partial charge in [-0.15, -0.1) is 0 Å². The molecule has 0 spiro atoms. The highest BCUT2D eigenvalue weighted by Gasteiger charge is 2.21. The molecule has 0 fully saturated rings. The van der Waals surface area contributed by atoms with Gasteiger partial charge in [0.25, 0.3) is 0 Å². The zero-order valence-corrected chi connectivity index (χ0v) is 11.4. The Kier molecular flexibility index (Phi) is 3.18. The van der Waals surface area contributed by atoms with Gasteiger partial charge in [-0.25, -0.2) is 4.79 Å². The number of aromatic carboxylic acids is 1. The summed E-state index contributed by atoms with van der Waals surface area (Å²) < 4.78 is 0. The molecule has 1 aliphatic rings. The standard InChI is InChI=1S/C17H17NO2/c1-11-6-7-14(17(19)20)10-16(11)18-15-8-12-4-2-3-5-13(12)9-15/h2-7,10,15,18H,8-9H2,1H3,(H,19,20). The number of hydrogen-bond acceptors (Lipinski definition) is 2. The zero-order valence-electron chi connectivity index (χ0n) is 11.4. The summed E-state index contributed by atoms with van der Waals surface area (Å²) in [6.45, 7) is 2.00. The first kappa shape index (κ1) is 12.7. The average Bonchev–Trinajstić information content (AvgIpc) is 2.83. The van der Waals surface area contributed by atoms with E-state index in [9.17, 15) is 4.79 Å². The van der Waals surface area contributed by atoms with Crippen LogP contribution in [0.25, 0.3) is 0 Å². The molecule has 3 nitrogen and oxygen atoms in total. The predicted molar refractivity (Wildman–Crippen MR) is 79.4 cm³/mol. The lowest BCUT2D eigenvalue weighted by atomic mass is 10.1. The van der Waals surface area contributed by atoms with E-state index in [1.54, 1.807) is 12.1 Å². The van der Waals surface area contributed by atoms with Gasteiger partial charge < -0.3 is 10.4 Å². The number of rotatable bonds is 3. The van der Waals surface area contributed by atoms with Crippen molar-refractivity contribution in [1.29, 1.82) is 0 Å². The Balaban J connectivity index is 1.80. The Bertz CT molecular complexity index is 639. The molecule has 0 heterocycles. The number of carboxylic acid groups (broad SMARTS) is 1. The molecular weight excluding hydrogens is 250 g/mol. The van der Waals surface area contributed by atoms with E-state index in [-0.39, 0.29) is 0 Å². The minimum atomic E-state index is -0.886. The summed E-state index contributed by atoms with van der Waals surface area (Å²) >= 11 is 0. The molecule has 0 aliphatic heterocycles. The first-order valence-corrected chi connectivity index (χ1v) is 6.81. The Morgan fingerprint density at radius 3 is 2.40 bits per heavy atom. The molecular formula is C17H17NO2. The fraction of sp³-hybridized carbons (Fsp3) is 0.235. The summed E-state index contributed by atoms with van der Waals surface area (Å²) in [5, 5.41) is 12.6. The van der Waals surface area contributed by atoms with Crippen molar-refractivity contribution >= 4 is 11.7 Å². The maximum absolute atomic E-state index is 11.1. The smallest absolute Gasteiger partial charge is 0.335 e. The fourth-order valence-electron chi connectivity index (χ4n) is 2.79. The second kappa shape index (κ2) is 5.00. The molecule has 0 saturated heterocycles. The van der Waals surface area contributed by atoms with E-state index in [0.717, 1.165) is 24.1 Å². The highest BCUT2D eigenvalue weighted by molar-refractivity contribution is 5.89. The summed E-state index contributed by atoms with van der Waals surface area (Å²) in [6, 6.07) is 14.0. The van der Waals surface area contributed by atoms with Gasteiger partial charge in [0.05, 0.1) is 5.56 Å². The van der Waals surface area contributed by atoms with Crippen molar-refractivity contribution in [3.63, 3.8) is 0 Å². The van der Waals surface area contributed by atoms with Gasteiger partial charge in [-0.05, 0) is 48.6 Å². The number of nitrogens with one attached hydrogen (secondary N) is 1. The molecule has 3 heteroatoms. The Hall–Kier alpha value is -2.29. The minimum absolute atomic E-state index is 0.327. The lowest BCUT2D eigenvalue weighted by Crippen LogP contribution is -2.20. The van der Waals surface area contributed by atoms with Crippen molar-refractivity contribution in [3.8, 4) is 0 Å². The largest absolute Gasteiger partial charge is 0.478 e. The summed E-state index contributed by atoms with van der Waals surface area (Å²) in [4.78, 5) is 11.1. The Morgan fingerprint density at radius 2 is 1.80 bits per heavy atom. The topological polar surface area (TPSA) is 49.3 Å². The van der Waals surface area contributed by atoms with E-state index >= 15 is 0 Å². The third-order valence-electron chi connectivity index (χ3n) is 3.90. The molecule has 2 aromatic carbocycles. The number of aryl methyl sites for hydroxylation is 1. The van der Waals surface area contributed by atoms with Gasteiger partial charge in [-0.1, -0.05) is 30.3 Å². The maximum atomic E-state index is 11.1. The normalized spacial score (nSPS) is 14.1. The van der Waals surface area contributed by atoms with Gasteiger partial charge in [-0.3, -0.25) is 0 Å². The molecule has 0 aromatic heterocycles. The van der Waals surface area contributed by atoms with Gasteiger partial charge in [0.2, 0.25) is 0 Å². The number of anilines is 1. The van der Waals surface area contributed by atoms with Crippen LogP contribution in [0.1, 0.15) is 27.0 Å². The van der Waals surface area contributed by atoms with Gasteiger partial charge in [0.15, 0.2) is 0 Å². The lowest BCUT2D eigenvalue weighted by molar-refractivity contribution is 0.0697. The molecule has 102 valence electrons. The predicted octanol–water partition coefficient (Wildman–Crippen LogP) is 3.27. The van der Waals surface area contributed by atoms with Crippen LogP contribution in [0.15, 0.2) is 42.5 Å². The molecule has 0 radical (unpaired) electrons. The molecule has 0 atom stereocenters. The van der Waals surface area contributed by atoms with E-state index in [1.165, 1.54) is 11.1 Å². The molecule has 0 unspecified atom stereocenters. The summed E-state index contributed by atoms with van der Waals surface area (Å²) in [5.74, 6) is -0.886. The van der Waals surface area contributed by atoms with Crippen LogP contribution in [-0.4, -0.2) is 17.1 Å². The second-order valence-electron chi connectivity index (χ2n) is 5.35. The first-order valence-electron chi connectivity index (χ1n) is 6.81. The van der Waals surface area contributed by atoms with Gasteiger partial charge >= 0.3 is 5.97 Å². The van der Waals surface area contributed by atoms with Crippen molar-refractivity contribution in [2.75, 3.05) is 5.32 Å². The van der Waals surface area contributed by atoms with E-state index in [2.05, 4.69) is 29.6 Å². The van der Waals surface area contributed by atoms with Crippen LogP contribution < -0.4 is 5.32 Å². The number of carboxylic acids is 1. The van der Waals surface area contributed by atoms with E-state index < -0.39 is 5.97 Å². The minimum Gasteiger partial charge on any atom is -0.478 e. The Labute approximate surface area is 118 Å². The number of benzene rings is 2. The van der Waals surface area contributed by atoms with Crippen molar-refractivity contribution in [2.45, 2.75) is 25.8 Å². The van der Waals surface area contributed by atoms with Crippen LogP contribution in [0.5, 0.6) is 0 Å². The Morgan fingerprint density at radius 1 is 1.15 bits per heavy atom. The van der Waals surface area contributed by atoms with Crippen LogP contribution >= 0.6 is 0 Å². The number of carbonyl (C=O) groups is 1. The van der Waals surface area contributed by atoms with E-state index in [4.69, 9.17) is 5.11 Å². The maximum Gasteiger partial charge on any atom is 0.335 e. The lowest BCUT2D eigenvalue weighted by Gasteiger charge is -2.16. The second-order valence-corrected chi connectivity index (χ2v) is 5.35. The summed E-state index contributed by atoms with van der Waals surface area (Å²) in [7, 11) is 0. The van der Waals surface area contributed by atoms with Crippen molar-refractivity contribution in [1.82, 2.24) is 0 Å². The zero-order chi connectivity index (χ0) is 14.1. The SMILES string of the molecule is Cc1ccc(C(=O)O)cc1NC1Cc2ccccc2C1. The number of hydrogen-bond donors (Lipinski definition) is 2. The molecule has 0 amide bonds. The average molecular weight is 267 g/mol. The van der Waals surface area contributed by atoms with Crippen molar-refractivity contribution in [3.05, 3.63) is 64.7 Å². The first-order chi connectivity index (χ1) is 9.63. The summed E-state index contributed by atoms with van der Waals surface area (Å²) in [6.07, 6.45) is 1.99. The molecule has 0 saturated carbocycles. The van der Waals surface area contributed by atoms with Crippen LogP contribution in [0.2, 0.25) is 0 Å². The number of fused-ring (bicyclic) bond motifs is 1. The molecule has 3 rings (SSSR count). The third kappa shape index (κ3) is 2.39.